The summed E-state index contributed by atoms with van der Waals surface area (Å²) in [6.45, 7) is 0. The van der Waals surface area contributed by atoms with Crippen molar-refractivity contribution < 1.29 is 4.79 Å². The Bertz CT molecular complexity index is 312. The number of carbonyl (C=O) groups excluding carboxylic acids is 1. The van der Waals surface area contributed by atoms with E-state index in [0.717, 1.165) is 0 Å². The van der Waals surface area contributed by atoms with Crippen LogP contribution in [0.5, 0.6) is 0 Å². The van der Waals surface area contributed by atoms with Gasteiger partial charge in [0.15, 0.2) is 6.29 Å². The van der Waals surface area contributed by atoms with Crippen LogP contribution in [0.15, 0.2) is 9.27 Å². The Morgan fingerprint density at radius 3 is 2.50 bits per heavy atom. The second-order valence-electron chi connectivity index (χ2n) is 1.82. The van der Waals surface area contributed by atoms with E-state index in [1.165, 1.54) is 4.68 Å². The lowest BCUT2D eigenvalue weighted by Gasteiger charge is -1.89. The van der Waals surface area contributed by atoms with E-state index >= 15 is 0 Å². The zero-order chi connectivity index (χ0) is 7.72. The molecule has 1 heterocycles. The van der Waals surface area contributed by atoms with Gasteiger partial charge in [-0.05, 0) is 15.9 Å². The fourth-order valence-electron chi connectivity index (χ4n) is 0.656. The molecule has 0 aliphatic carbocycles. The van der Waals surface area contributed by atoms with Gasteiger partial charge in [-0.2, -0.15) is 0 Å². The van der Waals surface area contributed by atoms with Crippen molar-refractivity contribution in [2.45, 2.75) is 0 Å². The molecule has 1 aromatic rings. The first-order chi connectivity index (χ1) is 4.66. The first kappa shape index (κ1) is 7.27. The molecule has 0 bridgehead atoms. The van der Waals surface area contributed by atoms with Crippen molar-refractivity contribution in [3.8, 4) is 0 Å². The van der Waals surface area contributed by atoms with Gasteiger partial charge in [0.05, 0.1) is 0 Å². The molecule has 1 aromatic heterocycles. The van der Waals surface area contributed by atoms with Crippen LogP contribution in [0.1, 0.15) is 10.5 Å². The molecule has 0 spiro atoms. The SMILES string of the molecule is Cn1[nH]c(=O)c(Br)c1C=O. The molecule has 0 aliphatic rings. The van der Waals surface area contributed by atoms with Gasteiger partial charge in [-0.25, -0.2) is 0 Å². The summed E-state index contributed by atoms with van der Waals surface area (Å²) in [5.74, 6) is 0. The van der Waals surface area contributed by atoms with Crippen molar-refractivity contribution in [1.29, 1.82) is 0 Å². The normalized spacial score (nSPS) is 9.80. The summed E-state index contributed by atoms with van der Waals surface area (Å²) in [6.07, 6.45) is 0.613. The van der Waals surface area contributed by atoms with E-state index in [1.807, 2.05) is 0 Å². The van der Waals surface area contributed by atoms with Gasteiger partial charge in [0.2, 0.25) is 0 Å². The van der Waals surface area contributed by atoms with E-state index < -0.39 is 0 Å². The van der Waals surface area contributed by atoms with Crippen LogP contribution in [0.4, 0.5) is 0 Å². The van der Waals surface area contributed by atoms with Gasteiger partial charge in [0, 0.05) is 7.05 Å². The Balaban J connectivity index is 3.48. The van der Waals surface area contributed by atoms with Crippen LogP contribution in [0.25, 0.3) is 0 Å². The van der Waals surface area contributed by atoms with Gasteiger partial charge < -0.3 is 0 Å². The van der Waals surface area contributed by atoms with E-state index in [-0.39, 0.29) is 10.0 Å². The van der Waals surface area contributed by atoms with Crippen LogP contribution in [-0.2, 0) is 7.05 Å². The number of hydrogen-bond acceptors (Lipinski definition) is 2. The highest BCUT2D eigenvalue weighted by Gasteiger charge is 2.07. The second-order valence-corrected chi connectivity index (χ2v) is 2.61. The van der Waals surface area contributed by atoms with Crippen molar-refractivity contribution in [2.75, 3.05) is 0 Å². The molecule has 54 valence electrons. The van der Waals surface area contributed by atoms with Gasteiger partial charge >= 0.3 is 0 Å². The molecule has 0 amide bonds. The van der Waals surface area contributed by atoms with E-state index in [0.29, 0.717) is 12.0 Å². The average Bonchev–Trinajstić information content (AvgIpc) is 2.09. The fraction of sp³-hybridized carbons (Fsp3) is 0.200. The molecule has 0 saturated carbocycles. The van der Waals surface area contributed by atoms with E-state index in [2.05, 4.69) is 21.0 Å². The largest absolute Gasteiger partial charge is 0.296 e. The number of nitrogens with zero attached hydrogens (tertiary/aromatic N) is 1. The van der Waals surface area contributed by atoms with Crippen LogP contribution in [-0.4, -0.2) is 16.1 Å². The maximum Gasteiger partial charge on any atom is 0.279 e. The summed E-state index contributed by atoms with van der Waals surface area (Å²) in [6, 6.07) is 0. The Kier molecular flexibility index (Phi) is 1.76. The molecule has 1 N–H and O–H groups in total. The average molecular weight is 205 g/mol. The molecule has 5 heteroatoms. The van der Waals surface area contributed by atoms with Crippen LogP contribution in [0.3, 0.4) is 0 Å². The number of halogens is 1. The molecular weight excluding hydrogens is 200 g/mol. The summed E-state index contributed by atoms with van der Waals surface area (Å²) < 4.78 is 1.64. The number of aldehydes is 1. The Morgan fingerprint density at radius 2 is 2.30 bits per heavy atom. The molecule has 0 aromatic carbocycles. The first-order valence-corrected chi connectivity index (χ1v) is 3.35. The number of aryl methyl sites for hydroxylation is 1. The summed E-state index contributed by atoms with van der Waals surface area (Å²) in [7, 11) is 1.59. The molecule has 1 rings (SSSR count). The topological polar surface area (TPSA) is 54.9 Å². The highest BCUT2D eigenvalue weighted by Crippen LogP contribution is 2.06. The lowest BCUT2D eigenvalue weighted by molar-refractivity contribution is 0.111. The van der Waals surface area contributed by atoms with Crippen molar-refractivity contribution in [1.82, 2.24) is 9.78 Å². The lowest BCUT2D eigenvalue weighted by Crippen LogP contribution is -2.02. The number of aromatic amines is 1. The quantitative estimate of drug-likeness (QED) is 0.669. The van der Waals surface area contributed by atoms with Gasteiger partial charge in [-0.15, -0.1) is 0 Å². The second kappa shape index (κ2) is 2.42. The number of rotatable bonds is 1. The fourth-order valence-corrected chi connectivity index (χ4v) is 1.10. The third-order valence-electron chi connectivity index (χ3n) is 1.17. The minimum Gasteiger partial charge on any atom is -0.296 e. The van der Waals surface area contributed by atoms with Crippen LogP contribution in [0.2, 0.25) is 0 Å². The molecule has 0 fully saturated rings. The predicted octanol–water partition coefficient (Wildman–Crippen LogP) is 0.288. The summed E-state index contributed by atoms with van der Waals surface area (Å²) >= 11 is 2.97. The minimum absolute atomic E-state index is 0.282. The lowest BCUT2D eigenvalue weighted by atomic mass is 10.5. The summed E-state index contributed by atoms with van der Waals surface area (Å²) in [5, 5.41) is 2.41. The standard InChI is InChI=1S/C5H5BrN2O2/c1-8-3(2-9)4(6)5(10)7-8/h2H,1H3,(H,7,10). The number of nitrogens with one attached hydrogen (secondary N) is 1. The van der Waals surface area contributed by atoms with Crippen molar-refractivity contribution in [3.05, 3.63) is 20.5 Å². The molecule has 0 atom stereocenters. The van der Waals surface area contributed by atoms with Crippen LogP contribution >= 0.6 is 15.9 Å². The van der Waals surface area contributed by atoms with E-state index in [4.69, 9.17) is 0 Å². The smallest absolute Gasteiger partial charge is 0.279 e. The van der Waals surface area contributed by atoms with Gasteiger partial charge in [-0.1, -0.05) is 0 Å². The zero-order valence-electron chi connectivity index (χ0n) is 5.22. The highest BCUT2D eigenvalue weighted by molar-refractivity contribution is 9.10. The Hall–Kier alpha value is -0.840. The molecule has 0 aliphatic heterocycles. The molecular formula is C5H5BrN2O2. The summed E-state index contributed by atoms with van der Waals surface area (Å²) in [5.41, 5.74) is 0.0367. The Morgan fingerprint density at radius 1 is 1.70 bits per heavy atom. The van der Waals surface area contributed by atoms with Gasteiger partial charge in [0.25, 0.3) is 5.56 Å². The van der Waals surface area contributed by atoms with E-state index in [9.17, 15) is 9.59 Å². The third-order valence-corrected chi connectivity index (χ3v) is 1.93. The number of aromatic nitrogens is 2. The van der Waals surface area contributed by atoms with Gasteiger partial charge in [0.1, 0.15) is 10.2 Å². The highest BCUT2D eigenvalue weighted by atomic mass is 79.9. The number of carbonyl (C=O) groups is 1. The molecule has 0 radical (unpaired) electrons. The number of hydrogen-bond donors (Lipinski definition) is 1. The van der Waals surface area contributed by atoms with Gasteiger partial charge in [-0.3, -0.25) is 19.4 Å². The predicted molar refractivity (Wildman–Crippen MR) is 39.1 cm³/mol. The van der Waals surface area contributed by atoms with Crippen LogP contribution < -0.4 is 5.56 Å². The maximum absolute atomic E-state index is 10.7. The van der Waals surface area contributed by atoms with E-state index in [1.54, 1.807) is 7.05 Å². The first-order valence-electron chi connectivity index (χ1n) is 2.56. The Labute approximate surface area is 65.0 Å². The number of H-pyrrole nitrogens is 1. The molecule has 0 unspecified atom stereocenters. The zero-order valence-corrected chi connectivity index (χ0v) is 6.81. The third kappa shape index (κ3) is 0.923. The van der Waals surface area contributed by atoms with Crippen molar-refractivity contribution in [3.63, 3.8) is 0 Å². The van der Waals surface area contributed by atoms with Crippen molar-refractivity contribution >= 4 is 22.2 Å². The van der Waals surface area contributed by atoms with Crippen molar-refractivity contribution in [2.24, 2.45) is 7.05 Å². The maximum atomic E-state index is 10.7. The van der Waals surface area contributed by atoms with Crippen LogP contribution in [0, 0.1) is 0 Å². The monoisotopic (exact) mass is 204 g/mol. The molecule has 0 saturated heterocycles. The molecule has 10 heavy (non-hydrogen) atoms. The minimum atomic E-state index is -0.287. The summed E-state index contributed by atoms with van der Waals surface area (Å²) in [4.78, 5) is 21.0. The molecule has 4 nitrogen and oxygen atoms in total.